The van der Waals surface area contributed by atoms with E-state index < -0.39 is 5.97 Å². The van der Waals surface area contributed by atoms with Crippen LogP contribution in [0.2, 0.25) is 0 Å². The van der Waals surface area contributed by atoms with Crippen LogP contribution in [0, 0.1) is 0 Å². The lowest BCUT2D eigenvalue weighted by atomic mass is 10.1. The first kappa shape index (κ1) is 13.7. The zero-order valence-electron chi connectivity index (χ0n) is 10.1. The molecule has 0 amide bonds. The Morgan fingerprint density at radius 2 is 2.35 bits per heavy atom. The summed E-state index contributed by atoms with van der Waals surface area (Å²) in [6.07, 6.45) is 6.99. The molecule has 0 aliphatic heterocycles. The third-order valence-electron chi connectivity index (χ3n) is 2.55. The SMILES string of the molecule is CON=C1CCC=C1CCCCOCC(=O)O. The molecule has 17 heavy (non-hydrogen) atoms. The molecule has 5 heteroatoms. The fourth-order valence-electron chi connectivity index (χ4n) is 1.80. The molecular formula is C12H19NO4. The van der Waals surface area contributed by atoms with Crippen molar-refractivity contribution in [1.82, 2.24) is 0 Å². The summed E-state index contributed by atoms with van der Waals surface area (Å²) >= 11 is 0. The first-order valence-electron chi connectivity index (χ1n) is 5.83. The molecule has 1 N–H and O–H groups in total. The van der Waals surface area contributed by atoms with Crippen molar-refractivity contribution in [1.29, 1.82) is 0 Å². The van der Waals surface area contributed by atoms with Gasteiger partial charge in [0.05, 0.1) is 5.71 Å². The van der Waals surface area contributed by atoms with Gasteiger partial charge in [0, 0.05) is 6.61 Å². The molecule has 0 fully saturated rings. The predicted octanol–water partition coefficient (Wildman–Crippen LogP) is 1.98. The lowest BCUT2D eigenvalue weighted by Gasteiger charge is -2.04. The van der Waals surface area contributed by atoms with E-state index in [1.165, 1.54) is 5.57 Å². The van der Waals surface area contributed by atoms with Gasteiger partial charge in [-0.1, -0.05) is 11.2 Å². The Bertz CT molecular complexity index is 310. The highest BCUT2D eigenvalue weighted by Crippen LogP contribution is 2.20. The van der Waals surface area contributed by atoms with E-state index in [1.54, 1.807) is 7.11 Å². The lowest BCUT2D eigenvalue weighted by Crippen LogP contribution is -2.07. The van der Waals surface area contributed by atoms with Crippen molar-refractivity contribution in [3.8, 4) is 0 Å². The highest BCUT2D eigenvalue weighted by Gasteiger charge is 2.13. The van der Waals surface area contributed by atoms with Crippen molar-refractivity contribution in [2.24, 2.45) is 5.16 Å². The van der Waals surface area contributed by atoms with E-state index in [-0.39, 0.29) is 6.61 Å². The van der Waals surface area contributed by atoms with E-state index in [4.69, 9.17) is 14.7 Å². The number of carboxylic acid groups (broad SMARTS) is 1. The Morgan fingerprint density at radius 1 is 1.53 bits per heavy atom. The summed E-state index contributed by atoms with van der Waals surface area (Å²) in [5.41, 5.74) is 2.30. The van der Waals surface area contributed by atoms with Crippen LogP contribution >= 0.6 is 0 Å². The maximum atomic E-state index is 10.2. The smallest absolute Gasteiger partial charge is 0.329 e. The summed E-state index contributed by atoms with van der Waals surface area (Å²) in [5.74, 6) is -0.919. The number of unbranched alkanes of at least 4 members (excludes halogenated alkanes) is 1. The van der Waals surface area contributed by atoms with Gasteiger partial charge in [0.25, 0.3) is 0 Å². The molecule has 0 saturated heterocycles. The average molecular weight is 241 g/mol. The number of ether oxygens (including phenoxy) is 1. The topological polar surface area (TPSA) is 68.1 Å². The number of aliphatic carboxylic acids is 1. The van der Waals surface area contributed by atoms with Gasteiger partial charge < -0.3 is 14.7 Å². The van der Waals surface area contributed by atoms with Gasteiger partial charge in [-0.3, -0.25) is 0 Å². The minimum absolute atomic E-state index is 0.209. The molecule has 0 spiro atoms. The summed E-state index contributed by atoms with van der Waals surface area (Å²) in [4.78, 5) is 15.0. The second kappa shape index (κ2) is 7.84. The molecule has 1 rings (SSSR count). The van der Waals surface area contributed by atoms with Crippen LogP contribution in [-0.4, -0.2) is 37.1 Å². The molecule has 96 valence electrons. The van der Waals surface area contributed by atoms with Crippen molar-refractivity contribution in [3.05, 3.63) is 11.6 Å². The highest BCUT2D eigenvalue weighted by atomic mass is 16.6. The first-order chi connectivity index (χ1) is 8.24. The standard InChI is InChI=1S/C12H19NO4/c1-16-13-11-7-4-6-10(11)5-2-3-8-17-9-12(14)15/h6H,2-5,7-9H2,1H3,(H,14,15). The molecule has 0 aromatic rings. The fraction of sp³-hybridized carbons (Fsp3) is 0.667. The van der Waals surface area contributed by atoms with Crippen LogP contribution < -0.4 is 0 Å². The largest absolute Gasteiger partial charge is 0.480 e. The quantitative estimate of drug-likeness (QED) is 0.521. The minimum atomic E-state index is -0.919. The molecule has 0 aromatic heterocycles. The van der Waals surface area contributed by atoms with Gasteiger partial charge in [-0.05, 0) is 37.7 Å². The Labute approximate surface area is 101 Å². The monoisotopic (exact) mass is 241 g/mol. The summed E-state index contributed by atoms with van der Waals surface area (Å²) < 4.78 is 4.96. The fourth-order valence-corrected chi connectivity index (χ4v) is 1.80. The van der Waals surface area contributed by atoms with Crippen LogP contribution in [0.1, 0.15) is 32.1 Å². The zero-order valence-corrected chi connectivity index (χ0v) is 10.1. The predicted molar refractivity (Wildman–Crippen MR) is 64.1 cm³/mol. The number of allylic oxidation sites excluding steroid dienone is 2. The van der Waals surface area contributed by atoms with Gasteiger partial charge in [-0.25, -0.2) is 4.79 Å². The highest BCUT2D eigenvalue weighted by molar-refractivity contribution is 6.01. The molecule has 0 aromatic carbocycles. The van der Waals surface area contributed by atoms with E-state index in [2.05, 4.69) is 11.2 Å². The van der Waals surface area contributed by atoms with Crippen molar-refractivity contribution >= 4 is 11.7 Å². The Morgan fingerprint density at radius 3 is 3.06 bits per heavy atom. The van der Waals surface area contributed by atoms with Gasteiger partial charge in [0.1, 0.15) is 13.7 Å². The molecule has 0 unspecified atom stereocenters. The Hall–Kier alpha value is -1.36. The average Bonchev–Trinajstić information content (AvgIpc) is 2.71. The normalized spacial score (nSPS) is 17.2. The van der Waals surface area contributed by atoms with Gasteiger partial charge in [-0.2, -0.15) is 0 Å². The van der Waals surface area contributed by atoms with Crippen molar-refractivity contribution in [2.75, 3.05) is 20.3 Å². The summed E-state index contributed by atoms with van der Waals surface area (Å²) in [6, 6.07) is 0. The van der Waals surface area contributed by atoms with Crippen LogP contribution in [0.15, 0.2) is 16.8 Å². The van der Waals surface area contributed by atoms with Crippen LogP contribution in [0.4, 0.5) is 0 Å². The number of nitrogens with zero attached hydrogens (tertiary/aromatic N) is 1. The van der Waals surface area contributed by atoms with E-state index in [9.17, 15) is 4.79 Å². The number of oxime groups is 1. The van der Waals surface area contributed by atoms with Gasteiger partial charge >= 0.3 is 5.97 Å². The maximum Gasteiger partial charge on any atom is 0.329 e. The third-order valence-corrected chi connectivity index (χ3v) is 2.55. The molecular weight excluding hydrogens is 222 g/mol. The second-order valence-corrected chi connectivity index (χ2v) is 3.89. The number of carbonyl (C=O) groups is 1. The van der Waals surface area contributed by atoms with Crippen molar-refractivity contribution in [3.63, 3.8) is 0 Å². The van der Waals surface area contributed by atoms with E-state index in [0.29, 0.717) is 6.61 Å². The van der Waals surface area contributed by atoms with Crippen LogP contribution in [0.25, 0.3) is 0 Å². The van der Waals surface area contributed by atoms with Crippen molar-refractivity contribution in [2.45, 2.75) is 32.1 Å². The van der Waals surface area contributed by atoms with Gasteiger partial charge in [0.2, 0.25) is 0 Å². The van der Waals surface area contributed by atoms with E-state index in [1.807, 2.05) is 0 Å². The number of carboxylic acids is 1. The molecule has 1 aliphatic carbocycles. The van der Waals surface area contributed by atoms with E-state index >= 15 is 0 Å². The molecule has 5 nitrogen and oxygen atoms in total. The van der Waals surface area contributed by atoms with Crippen LogP contribution in [0.3, 0.4) is 0 Å². The summed E-state index contributed by atoms with van der Waals surface area (Å²) in [6.45, 7) is 0.287. The third kappa shape index (κ3) is 5.49. The second-order valence-electron chi connectivity index (χ2n) is 3.89. The van der Waals surface area contributed by atoms with Gasteiger partial charge in [0.15, 0.2) is 0 Å². The Kier molecular flexibility index (Phi) is 6.32. The summed E-state index contributed by atoms with van der Waals surface area (Å²) in [5, 5.41) is 12.4. The van der Waals surface area contributed by atoms with E-state index in [0.717, 1.165) is 37.8 Å². The molecule has 1 aliphatic rings. The molecule has 0 saturated carbocycles. The van der Waals surface area contributed by atoms with Crippen molar-refractivity contribution < 1.29 is 19.5 Å². The molecule has 0 bridgehead atoms. The zero-order chi connectivity index (χ0) is 12.5. The lowest BCUT2D eigenvalue weighted by molar-refractivity contribution is -0.142. The maximum absolute atomic E-state index is 10.2. The molecule has 0 radical (unpaired) electrons. The minimum Gasteiger partial charge on any atom is -0.480 e. The number of hydrogen-bond donors (Lipinski definition) is 1. The molecule has 0 atom stereocenters. The van der Waals surface area contributed by atoms with Crippen LogP contribution in [0.5, 0.6) is 0 Å². The first-order valence-corrected chi connectivity index (χ1v) is 5.83. The number of rotatable bonds is 8. The molecule has 0 heterocycles. The van der Waals surface area contributed by atoms with Gasteiger partial charge in [-0.15, -0.1) is 0 Å². The Balaban J connectivity index is 2.10. The summed E-state index contributed by atoms with van der Waals surface area (Å²) in [7, 11) is 1.56. The van der Waals surface area contributed by atoms with Crippen LogP contribution in [-0.2, 0) is 14.4 Å². The number of hydrogen-bond acceptors (Lipinski definition) is 4.